The van der Waals surface area contributed by atoms with Crippen LogP contribution in [0.4, 0.5) is 0 Å². The summed E-state index contributed by atoms with van der Waals surface area (Å²) < 4.78 is 34.3. The molecule has 498 valence electrons. The minimum atomic E-state index is -4.66. The van der Waals surface area contributed by atoms with E-state index in [0.29, 0.717) is 17.4 Å². The van der Waals surface area contributed by atoms with Gasteiger partial charge in [-0.05, 0) is 128 Å². The van der Waals surface area contributed by atoms with Gasteiger partial charge in [-0.1, -0.05) is 287 Å². The number of phosphoric ester groups is 1. The Morgan fingerprint density at radius 2 is 0.614 bits per heavy atom. The topological polar surface area (TPSA) is 111 Å². The van der Waals surface area contributed by atoms with Crippen LogP contribution in [0, 0.1) is 0 Å². The smallest absolute Gasteiger partial charge is 0.306 e. The molecule has 2 atom stereocenters. The lowest BCUT2D eigenvalue weighted by Gasteiger charge is -2.28. The molecule has 0 N–H and O–H groups in total. The van der Waals surface area contributed by atoms with E-state index < -0.39 is 32.5 Å². The van der Waals surface area contributed by atoms with E-state index in [-0.39, 0.29) is 26.1 Å². The van der Waals surface area contributed by atoms with Crippen molar-refractivity contribution in [3.8, 4) is 0 Å². The van der Waals surface area contributed by atoms with Gasteiger partial charge in [-0.25, -0.2) is 0 Å². The van der Waals surface area contributed by atoms with Crippen molar-refractivity contribution in [1.82, 2.24) is 0 Å². The van der Waals surface area contributed by atoms with Gasteiger partial charge in [0.25, 0.3) is 7.82 Å². The highest BCUT2D eigenvalue weighted by molar-refractivity contribution is 7.45. The van der Waals surface area contributed by atoms with Crippen molar-refractivity contribution in [3.05, 3.63) is 170 Å². The molecule has 10 heteroatoms. The zero-order chi connectivity index (χ0) is 64.1. The molecular weight excluding hydrogens is 1110 g/mol. The third-order valence-electron chi connectivity index (χ3n) is 14.2. The molecule has 0 aromatic carbocycles. The third kappa shape index (κ3) is 70.5. The number of unbranched alkanes of at least 4 members (excludes halogenated alkanes) is 20. The molecule has 0 aromatic heterocycles. The maximum Gasteiger partial charge on any atom is 0.306 e. The molecule has 0 aliphatic rings. The molecule has 0 aromatic rings. The molecule has 2 unspecified atom stereocenters. The highest BCUT2D eigenvalue weighted by Crippen LogP contribution is 2.38. The van der Waals surface area contributed by atoms with Crippen LogP contribution >= 0.6 is 7.82 Å². The lowest BCUT2D eigenvalue weighted by molar-refractivity contribution is -0.870. The largest absolute Gasteiger partial charge is 0.756 e. The fourth-order valence-corrected chi connectivity index (χ4v) is 9.70. The molecule has 0 saturated carbocycles. The fourth-order valence-electron chi connectivity index (χ4n) is 8.97. The first-order valence-corrected chi connectivity index (χ1v) is 36.3. The van der Waals surface area contributed by atoms with Crippen LogP contribution in [0.2, 0.25) is 0 Å². The Labute approximate surface area is 540 Å². The Morgan fingerprint density at radius 3 is 0.909 bits per heavy atom. The molecule has 0 aliphatic heterocycles. The van der Waals surface area contributed by atoms with E-state index in [1.807, 2.05) is 21.1 Å². The van der Waals surface area contributed by atoms with E-state index >= 15 is 0 Å². The van der Waals surface area contributed by atoms with Gasteiger partial charge < -0.3 is 27.9 Å². The van der Waals surface area contributed by atoms with Gasteiger partial charge in [0, 0.05) is 12.8 Å². The minimum Gasteiger partial charge on any atom is -0.756 e. The number of allylic oxidation sites excluding steroid dienone is 28. The Kier molecular flexibility index (Phi) is 63.3. The molecule has 0 radical (unpaired) electrons. The van der Waals surface area contributed by atoms with Crippen molar-refractivity contribution in [1.29, 1.82) is 0 Å². The summed E-state index contributed by atoms with van der Waals surface area (Å²) in [6, 6.07) is 0. The maximum absolute atomic E-state index is 12.9. The van der Waals surface area contributed by atoms with E-state index in [0.717, 1.165) is 141 Å². The van der Waals surface area contributed by atoms with E-state index in [2.05, 4.69) is 184 Å². The van der Waals surface area contributed by atoms with Crippen molar-refractivity contribution in [2.75, 3.05) is 47.5 Å². The number of likely N-dealkylation sites (N-methyl/N-ethyl adjacent to an activating group) is 1. The monoisotopic (exact) mass is 1240 g/mol. The van der Waals surface area contributed by atoms with Gasteiger partial charge in [0.15, 0.2) is 6.10 Å². The summed E-state index contributed by atoms with van der Waals surface area (Å²) in [5, 5.41) is 0. The van der Waals surface area contributed by atoms with Gasteiger partial charge in [0.1, 0.15) is 19.8 Å². The van der Waals surface area contributed by atoms with E-state index in [4.69, 9.17) is 18.5 Å². The number of hydrogen-bond donors (Lipinski definition) is 0. The van der Waals surface area contributed by atoms with Crippen molar-refractivity contribution in [2.24, 2.45) is 0 Å². The molecule has 9 nitrogen and oxygen atoms in total. The quantitative estimate of drug-likeness (QED) is 0.0195. The summed E-state index contributed by atoms with van der Waals surface area (Å²) in [5.74, 6) is -0.864. The highest BCUT2D eigenvalue weighted by Gasteiger charge is 2.22. The second-order valence-corrected chi connectivity index (χ2v) is 25.2. The third-order valence-corrected chi connectivity index (χ3v) is 15.2. The summed E-state index contributed by atoms with van der Waals surface area (Å²) in [4.78, 5) is 38.1. The fraction of sp³-hybridized carbons (Fsp3) is 0.615. The van der Waals surface area contributed by atoms with Gasteiger partial charge in [0.2, 0.25) is 0 Å². The van der Waals surface area contributed by atoms with E-state index in [9.17, 15) is 19.0 Å². The summed E-state index contributed by atoms with van der Waals surface area (Å²) in [5.41, 5.74) is 0. The molecule has 88 heavy (non-hydrogen) atoms. The molecule has 0 bridgehead atoms. The maximum atomic E-state index is 12.9. The van der Waals surface area contributed by atoms with Crippen molar-refractivity contribution in [3.63, 3.8) is 0 Å². The summed E-state index contributed by atoms with van der Waals surface area (Å²) in [6.07, 6.45) is 101. The lowest BCUT2D eigenvalue weighted by Crippen LogP contribution is -2.37. The average Bonchev–Trinajstić information content (AvgIpc) is 3.56. The van der Waals surface area contributed by atoms with Crippen molar-refractivity contribution in [2.45, 2.75) is 264 Å². The minimum absolute atomic E-state index is 0.0436. The molecule has 0 rings (SSSR count). The number of quaternary nitrogens is 1. The zero-order valence-corrected chi connectivity index (χ0v) is 57.5. The van der Waals surface area contributed by atoms with Crippen LogP contribution in [-0.2, 0) is 32.7 Å². The number of nitrogens with zero attached hydrogens (tertiary/aromatic N) is 1. The molecule has 0 saturated heterocycles. The van der Waals surface area contributed by atoms with Gasteiger partial charge in [-0.2, -0.15) is 0 Å². The van der Waals surface area contributed by atoms with Crippen LogP contribution in [0.25, 0.3) is 0 Å². The molecule has 0 spiro atoms. The Balaban J connectivity index is 4.16. The number of phosphoric acid groups is 1. The van der Waals surface area contributed by atoms with Crippen LogP contribution in [0.5, 0.6) is 0 Å². The van der Waals surface area contributed by atoms with Crippen LogP contribution in [-0.4, -0.2) is 70.0 Å². The second-order valence-electron chi connectivity index (χ2n) is 23.8. The predicted octanol–water partition coefficient (Wildman–Crippen LogP) is 22.3. The number of carbonyl (C=O) groups excluding carboxylic acids is 2. The second kappa shape index (κ2) is 66.8. The Morgan fingerprint density at radius 1 is 0.352 bits per heavy atom. The van der Waals surface area contributed by atoms with E-state index in [1.54, 1.807) is 0 Å². The molecule has 0 aliphatic carbocycles. The Hall–Kier alpha value is -4.63. The molecule has 0 amide bonds. The van der Waals surface area contributed by atoms with Gasteiger partial charge in [0.05, 0.1) is 27.7 Å². The van der Waals surface area contributed by atoms with Gasteiger partial charge >= 0.3 is 11.9 Å². The van der Waals surface area contributed by atoms with Crippen LogP contribution in [0.15, 0.2) is 170 Å². The van der Waals surface area contributed by atoms with Crippen LogP contribution < -0.4 is 4.89 Å². The predicted molar refractivity (Wildman–Crippen MR) is 378 cm³/mol. The summed E-state index contributed by atoms with van der Waals surface area (Å²) >= 11 is 0. The van der Waals surface area contributed by atoms with Crippen LogP contribution in [0.1, 0.15) is 258 Å². The van der Waals surface area contributed by atoms with Crippen molar-refractivity contribution >= 4 is 19.8 Å². The van der Waals surface area contributed by atoms with E-state index in [1.165, 1.54) is 83.5 Å². The number of ether oxygens (including phenoxy) is 2. The number of esters is 2. The van der Waals surface area contributed by atoms with Crippen molar-refractivity contribution < 1.29 is 42.1 Å². The molecular formula is C78H128NO8P. The first-order valence-electron chi connectivity index (χ1n) is 34.8. The highest BCUT2D eigenvalue weighted by atomic mass is 31.2. The normalized spacial score (nSPS) is 14.2. The first-order chi connectivity index (χ1) is 43.0. The number of hydrogen-bond acceptors (Lipinski definition) is 8. The number of rotatable bonds is 62. The Bertz CT molecular complexity index is 2090. The van der Waals surface area contributed by atoms with Gasteiger partial charge in [-0.3, -0.25) is 14.2 Å². The summed E-state index contributed by atoms with van der Waals surface area (Å²) in [7, 11) is 1.13. The standard InChI is InChI=1S/C78H128NO8P/c1-6-8-10-12-14-16-18-20-22-24-26-28-30-32-34-36-38-39-41-43-45-47-49-51-53-55-57-59-61-63-65-67-69-71-78(81)87-76(75-86-88(82,83)85-73-72-79(3,4)5)74-84-77(80)70-68-66-64-62-60-58-56-54-52-50-48-46-44-42-40-37-35-33-31-29-27-25-23-21-19-17-15-13-11-9-7-2/h8-11,14-17,20-23,26-29,32-35,38-39,43,45,49,51,55,57,76H,6-7,12-13,18-19,24-25,30-31,36-37,40-42,44,46-48,50,52-54,56,58-75H2,1-5H3/b10-8-,11-9-,16-14-,17-15-,22-20-,23-21-,28-26-,29-27-,34-32-,35-33-,39-38-,45-43-,51-49-,57-55-. The van der Waals surface area contributed by atoms with Crippen LogP contribution in [0.3, 0.4) is 0 Å². The molecule has 0 fully saturated rings. The average molecular weight is 1240 g/mol. The molecule has 0 heterocycles. The SMILES string of the molecule is CC/C=C\C/C=C\C/C=C\C/C=C\C/C=C\C/C=C\C/C=C\C/C=C\C/C=C\CCCCCCCC(=O)OC(COC(=O)CCCCCCCCCCCCCCCCC/C=C\C/C=C\C/C=C\C/C=C\C/C=C\CC)COP(=O)([O-])OCC[N+](C)(C)C. The summed E-state index contributed by atoms with van der Waals surface area (Å²) in [6.45, 7) is 3.98. The van der Waals surface area contributed by atoms with Gasteiger partial charge in [-0.15, -0.1) is 0 Å². The first kappa shape index (κ1) is 83.4. The zero-order valence-electron chi connectivity index (χ0n) is 56.6. The lowest BCUT2D eigenvalue weighted by atomic mass is 10.0. The number of carbonyl (C=O) groups is 2.